The van der Waals surface area contributed by atoms with Crippen molar-refractivity contribution in [3.8, 4) is 17.6 Å². The Labute approximate surface area is 212 Å². The van der Waals surface area contributed by atoms with Crippen LogP contribution in [0, 0.1) is 18.3 Å². The number of phenolic OH excluding ortho intramolecular Hbond substituents is 1. The Balaban J connectivity index is 1.63. The molecule has 2 aliphatic rings. The number of halogens is 1. The van der Waals surface area contributed by atoms with Crippen molar-refractivity contribution in [2.75, 3.05) is 18.2 Å². The SMILES string of the molecule is COc1cc([C@@H]2C(C#N)=C(SCC(=O)Nc3ccc(C)c(Cl)c3)NC3=C2C(=O)CCC3)ccc1O. The average molecular weight is 510 g/mol. The average Bonchev–Trinajstić information content (AvgIpc) is 2.84. The molecule has 1 aliphatic heterocycles. The minimum atomic E-state index is -0.611. The van der Waals surface area contributed by atoms with Gasteiger partial charge in [0, 0.05) is 28.4 Å². The van der Waals surface area contributed by atoms with Gasteiger partial charge in [0.15, 0.2) is 17.3 Å². The molecule has 180 valence electrons. The van der Waals surface area contributed by atoms with E-state index >= 15 is 0 Å². The fourth-order valence-corrected chi connectivity index (χ4v) is 5.29. The summed E-state index contributed by atoms with van der Waals surface area (Å²) in [7, 11) is 1.44. The first-order valence-electron chi connectivity index (χ1n) is 11.1. The third-order valence-electron chi connectivity index (χ3n) is 6.00. The number of benzene rings is 2. The molecule has 1 amide bonds. The number of hydrogen-bond donors (Lipinski definition) is 3. The molecule has 3 N–H and O–H groups in total. The van der Waals surface area contributed by atoms with Crippen LogP contribution < -0.4 is 15.4 Å². The van der Waals surface area contributed by atoms with Crippen LogP contribution in [-0.4, -0.2) is 29.7 Å². The molecule has 7 nitrogen and oxygen atoms in total. The molecule has 1 heterocycles. The first kappa shape index (κ1) is 24.7. The van der Waals surface area contributed by atoms with Gasteiger partial charge in [-0.3, -0.25) is 9.59 Å². The number of phenols is 1. The van der Waals surface area contributed by atoms with Gasteiger partial charge in [-0.05, 0) is 55.2 Å². The van der Waals surface area contributed by atoms with Gasteiger partial charge in [-0.1, -0.05) is 35.5 Å². The molecular weight excluding hydrogens is 486 g/mol. The van der Waals surface area contributed by atoms with E-state index in [0.717, 1.165) is 11.3 Å². The molecule has 0 radical (unpaired) electrons. The molecule has 0 unspecified atom stereocenters. The summed E-state index contributed by atoms with van der Waals surface area (Å²) >= 11 is 7.36. The predicted molar refractivity (Wildman–Crippen MR) is 136 cm³/mol. The minimum absolute atomic E-state index is 0.0124. The van der Waals surface area contributed by atoms with Gasteiger partial charge in [-0.15, -0.1) is 0 Å². The number of thioether (sulfide) groups is 1. The quantitative estimate of drug-likeness (QED) is 0.493. The van der Waals surface area contributed by atoms with Crippen LogP contribution in [0.4, 0.5) is 5.69 Å². The lowest BCUT2D eigenvalue weighted by Crippen LogP contribution is -2.31. The topological polar surface area (TPSA) is 111 Å². The summed E-state index contributed by atoms with van der Waals surface area (Å²) in [6.45, 7) is 1.88. The van der Waals surface area contributed by atoms with Crippen molar-refractivity contribution in [1.29, 1.82) is 5.26 Å². The molecule has 0 bridgehead atoms. The highest BCUT2D eigenvalue weighted by Crippen LogP contribution is 2.45. The van der Waals surface area contributed by atoms with Crippen LogP contribution in [0.5, 0.6) is 11.5 Å². The van der Waals surface area contributed by atoms with Crippen LogP contribution >= 0.6 is 23.4 Å². The van der Waals surface area contributed by atoms with Gasteiger partial charge >= 0.3 is 0 Å². The number of amides is 1. The van der Waals surface area contributed by atoms with Crippen LogP contribution in [-0.2, 0) is 9.59 Å². The van der Waals surface area contributed by atoms with Crippen LogP contribution in [0.3, 0.4) is 0 Å². The van der Waals surface area contributed by atoms with Gasteiger partial charge < -0.3 is 20.5 Å². The first-order chi connectivity index (χ1) is 16.8. The van der Waals surface area contributed by atoms with Crippen molar-refractivity contribution < 1.29 is 19.4 Å². The molecule has 0 saturated carbocycles. The number of ether oxygens (including phenoxy) is 1. The Bertz CT molecular complexity index is 1310. The van der Waals surface area contributed by atoms with Crippen molar-refractivity contribution >= 4 is 40.7 Å². The summed E-state index contributed by atoms with van der Waals surface area (Å²) in [4.78, 5) is 25.6. The number of anilines is 1. The van der Waals surface area contributed by atoms with Crippen molar-refractivity contribution in [2.24, 2.45) is 0 Å². The number of dihydropyridines is 1. The molecule has 0 fully saturated rings. The monoisotopic (exact) mass is 509 g/mol. The van der Waals surface area contributed by atoms with Gasteiger partial charge in [-0.25, -0.2) is 0 Å². The van der Waals surface area contributed by atoms with E-state index in [4.69, 9.17) is 16.3 Å². The number of carbonyl (C=O) groups excluding carboxylic acids is 2. The number of Topliss-reactive ketones (excluding diaryl/α,β-unsaturated/α-hetero) is 1. The highest BCUT2D eigenvalue weighted by molar-refractivity contribution is 8.03. The van der Waals surface area contributed by atoms with Crippen LogP contribution in [0.25, 0.3) is 0 Å². The number of aryl methyl sites for hydroxylation is 1. The Hall–Kier alpha value is -3.41. The second kappa shape index (κ2) is 10.5. The maximum Gasteiger partial charge on any atom is 0.234 e. The highest BCUT2D eigenvalue weighted by atomic mass is 35.5. The first-order valence-corrected chi connectivity index (χ1v) is 12.4. The zero-order valence-corrected chi connectivity index (χ0v) is 20.8. The molecule has 4 rings (SSSR count). The standard InChI is InChI=1S/C26H24ClN3O4S/c1-14-6-8-16(11-18(14)27)29-23(33)13-35-26-17(12-28)24(15-7-9-20(31)22(10-15)34-2)25-19(30-26)4-3-5-21(25)32/h6-11,24,30-31H,3-5,13H2,1-2H3,(H,29,33)/t24-/m1/s1. The summed E-state index contributed by atoms with van der Waals surface area (Å²) in [5.41, 5.74) is 3.85. The third-order valence-corrected chi connectivity index (χ3v) is 7.43. The summed E-state index contributed by atoms with van der Waals surface area (Å²) in [6.07, 6.45) is 1.79. The largest absolute Gasteiger partial charge is 0.504 e. The van der Waals surface area contributed by atoms with E-state index in [2.05, 4.69) is 16.7 Å². The van der Waals surface area contributed by atoms with Crippen molar-refractivity contribution in [3.63, 3.8) is 0 Å². The normalized spacial score (nSPS) is 17.4. The van der Waals surface area contributed by atoms with Crippen molar-refractivity contribution in [3.05, 3.63) is 74.4 Å². The molecule has 9 heteroatoms. The number of allylic oxidation sites excluding steroid dienone is 3. The Morgan fingerprint density at radius 2 is 2.11 bits per heavy atom. The fraction of sp³-hybridized carbons (Fsp3) is 0.269. The number of methoxy groups -OCH3 is 1. The van der Waals surface area contributed by atoms with Crippen LogP contribution in [0.15, 0.2) is 58.3 Å². The van der Waals surface area contributed by atoms with E-state index in [1.807, 2.05) is 13.0 Å². The number of rotatable bonds is 6. The van der Waals surface area contributed by atoms with Gasteiger partial charge in [0.25, 0.3) is 0 Å². The molecule has 2 aromatic carbocycles. The number of nitrogens with zero attached hydrogens (tertiary/aromatic N) is 1. The fourth-order valence-electron chi connectivity index (χ4n) is 4.25. The Kier molecular flexibility index (Phi) is 7.39. The Morgan fingerprint density at radius 1 is 1.31 bits per heavy atom. The zero-order valence-electron chi connectivity index (χ0n) is 19.3. The number of hydrogen-bond acceptors (Lipinski definition) is 7. The van der Waals surface area contributed by atoms with Crippen molar-refractivity contribution in [2.45, 2.75) is 32.1 Å². The molecular formula is C26H24ClN3O4S. The van der Waals surface area contributed by atoms with E-state index in [1.165, 1.54) is 24.9 Å². The van der Waals surface area contributed by atoms with E-state index in [9.17, 15) is 20.0 Å². The van der Waals surface area contributed by atoms with E-state index < -0.39 is 5.92 Å². The smallest absolute Gasteiger partial charge is 0.234 e. The third kappa shape index (κ3) is 5.16. The summed E-state index contributed by atoms with van der Waals surface area (Å²) in [5.74, 6) is -0.583. The maximum absolute atomic E-state index is 12.9. The van der Waals surface area contributed by atoms with E-state index in [1.54, 1.807) is 24.3 Å². The van der Waals surface area contributed by atoms with Gasteiger partial charge in [0.05, 0.1) is 35.5 Å². The van der Waals surface area contributed by atoms with E-state index in [-0.39, 0.29) is 28.9 Å². The summed E-state index contributed by atoms with van der Waals surface area (Å²) in [6, 6.07) is 12.4. The van der Waals surface area contributed by atoms with Crippen molar-refractivity contribution in [1.82, 2.24) is 5.32 Å². The molecule has 0 aromatic heterocycles. The number of ketones is 1. The maximum atomic E-state index is 12.9. The number of carbonyl (C=O) groups is 2. The second-order valence-corrected chi connectivity index (χ2v) is 9.71. The van der Waals surface area contributed by atoms with Crippen LogP contribution in [0.2, 0.25) is 5.02 Å². The summed E-state index contributed by atoms with van der Waals surface area (Å²) < 4.78 is 5.25. The molecule has 0 spiro atoms. The lowest BCUT2D eigenvalue weighted by Gasteiger charge is -2.33. The predicted octanol–water partition coefficient (Wildman–Crippen LogP) is 5.16. The molecule has 35 heavy (non-hydrogen) atoms. The Morgan fingerprint density at radius 3 is 2.83 bits per heavy atom. The number of nitriles is 1. The van der Waals surface area contributed by atoms with Gasteiger partial charge in [0.2, 0.25) is 5.91 Å². The summed E-state index contributed by atoms with van der Waals surface area (Å²) in [5, 5.41) is 27.3. The second-order valence-electron chi connectivity index (χ2n) is 8.31. The van der Waals surface area contributed by atoms with Gasteiger partial charge in [-0.2, -0.15) is 5.26 Å². The zero-order chi connectivity index (χ0) is 25.1. The molecule has 0 saturated heterocycles. The number of nitrogens with one attached hydrogen (secondary N) is 2. The van der Waals surface area contributed by atoms with E-state index in [0.29, 0.717) is 51.7 Å². The molecule has 1 aliphatic carbocycles. The van der Waals surface area contributed by atoms with Crippen LogP contribution in [0.1, 0.15) is 36.3 Å². The number of aromatic hydroxyl groups is 1. The highest BCUT2D eigenvalue weighted by Gasteiger charge is 2.37. The molecule has 1 atom stereocenters. The van der Waals surface area contributed by atoms with Gasteiger partial charge in [0.1, 0.15) is 0 Å². The lowest BCUT2D eigenvalue weighted by atomic mass is 9.77. The molecule has 2 aromatic rings. The lowest BCUT2D eigenvalue weighted by molar-refractivity contribution is -0.116. The minimum Gasteiger partial charge on any atom is -0.504 e.